The van der Waals surface area contributed by atoms with Gasteiger partial charge in [0.2, 0.25) is 10.0 Å². The quantitative estimate of drug-likeness (QED) is 0.675. The van der Waals surface area contributed by atoms with Crippen LogP contribution < -0.4 is 5.32 Å². The van der Waals surface area contributed by atoms with Crippen molar-refractivity contribution in [2.45, 2.75) is 18.4 Å². The Balaban J connectivity index is 1.30. The van der Waals surface area contributed by atoms with E-state index in [4.69, 9.17) is 0 Å². The van der Waals surface area contributed by atoms with Crippen LogP contribution in [0.25, 0.3) is 11.0 Å². The molecule has 2 aromatic carbocycles. The third-order valence-electron chi connectivity index (χ3n) is 5.36. The van der Waals surface area contributed by atoms with Crippen molar-refractivity contribution in [3.05, 3.63) is 60.4 Å². The zero-order valence-corrected chi connectivity index (χ0v) is 17.7. The molecule has 2 heterocycles. The molecule has 30 heavy (non-hydrogen) atoms. The van der Waals surface area contributed by atoms with Gasteiger partial charge < -0.3 is 14.8 Å². The van der Waals surface area contributed by atoms with Gasteiger partial charge in [0.05, 0.1) is 15.9 Å². The number of hydrogen-bond donors (Lipinski definition) is 1. The smallest absolute Gasteiger partial charge is 0.317 e. The maximum atomic E-state index is 12.7. The fraction of sp³-hybridized carbons (Fsp3) is 0.333. The first-order valence-corrected chi connectivity index (χ1v) is 11.4. The Hall–Kier alpha value is -2.91. The maximum absolute atomic E-state index is 12.7. The van der Waals surface area contributed by atoms with Crippen LogP contribution in [0.2, 0.25) is 0 Å². The SMILES string of the molecule is Cc1nc2ccccc2n1CCNC(=O)N1CCN(S(=O)(=O)c2ccccc2)CC1. The minimum atomic E-state index is -3.52. The molecule has 8 nitrogen and oxygen atoms in total. The number of hydrogen-bond acceptors (Lipinski definition) is 4. The van der Waals surface area contributed by atoms with E-state index in [2.05, 4.69) is 14.9 Å². The average molecular weight is 428 g/mol. The van der Waals surface area contributed by atoms with E-state index >= 15 is 0 Å². The Bertz CT molecular complexity index is 1140. The van der Waals surface area contributed by atoms with E-state index in [1.165, 1.54) is 4.31 Å². The number of amides is 2. The average Bonchev–Trinajstić information content (AvgIpc) is 3.09. The van der Waals surface area contributed by atoms with Gasteiger partial charge in [-0.15, -0.1) is 0 Å². The van der Waals surface area contributed by atoms with E-state index in [0.717, 1.165) is 16.9 Å². The number of benzene rings is 2. The lowest BCUT2D eigenvalue weighted by molar-refractivity contribution is 0.172. The maximum Gasteiger partial charge on any atom is 0.317 e. The van der Waals surface area contributed by atoms with Gasteiger partial charge in [0.15, 0.2) is 0 Å². The number of imidazole rings is 1. The van der Waals surface area contributed by atoms with Gasteiger partial charge in [-0.2, -0.15) is 4.31 Å². The topological polar surface area (TPSA) is 87.5 Å². The number of fused-ring (bicyclic) bond motifs is 1. The number of piperazine rings is 1. The number of sulfonamides is 1. The number of aromatic nitrogens is 2. The summed E-state index contributed by atoms with van der Waals surface area (Å²) >= 11 is 0. The largest absolute Gasteiger partial charge is 0.336 e. The van der Waals surface area contributed by atoms with Crippen molar-refractivity contribution in [3.8, 4) is 0 Å². The van der Waals surface area contributed by atoms with Crippen molar-refractivity contribution in [3.63, 3.8) is 0 Å². The van der Waals surface area contributed by atoms with Crippen LogP contribution in [0.4, 0.5) is 4.79 Å². The van der Waals surface area contributed by atoms with Gasteiger partial charge in [-0.1, -0.05) is 30.3 Å². The zero-order valence-electron chi connectivity index (χ0n) is 16.9. The predicted octanol–water partition coefficient (Wildman–Crippen LogP) is 2.06. The highest BCUT2D eigenvalue weighted by Crippen LogP contribution is 2.17. The van der Waals surface area contributed by atoms with Gasteiger partial charge in [0, 0.05) is 39.3 Å². The van der Waals surface area contributed by atoms with Crippen molar-refractivity contribution in [1.29, 1.82) is 0 Å². The summed E-state index contributed by atoms with van der Waals surface area (Å²) in [5, 5.41) is 2.94. The molecule has 0 bridgehead atoms. The third-order valence-corrected chi connectivity index (χ3v) is 7.28. The van der Waals surface area contributed by atoms with Crippen LogP contribution in [-0.2, 0) is 16.6 Å². The lowest BCUT2D eigenvalue weighted by atomic mass is 10.3. The molecule has 0 spiro atoms. The normalized spacial score (nSPS) is 15.4. The van der Waals surface area contributed by atoms with Crippen molar-refractivity contribution in [1.82, 2.24) is 24.1 Å². The van der Waals surface area contributed by atoms with Crippen LogP contribution in [0.15, 0.2) is 59.5 Å². The zero-order chi connectivity index (χ0) is 21.1. The molecule has 158 valence electrons. The summed E-state index contributed by atoms with van der Waals surface area (Å²) in [6.45, 7) is 4.36. The molecule has 3 aromatic rings. The summed E-state index contributed by atoms with van der Waals surface area (Å²) in [5.41, 5.74) is 1.99. The summed E-state index contributed by atoms with van der Waals surface area (Å²) in [5.74, 6) is 0.908. The lowest BCUT2D eigenvalue weighted by Gasteiger charge is -2.34. The molecule has 0 radical (unpaired) electrons. The first kappa shape index (κ1) is 20.4. The Labute approximate surface area is 176 Å². The van der Waals surface area contributed by atoms with Gasteiger partial charge in [-0.3, -0.25) is 0 Å². The Kier molecular flexibility index (Phi) is 5.74. The van der Waals surface area contributed by atoms with Crippen molar-refractivity contribution >= 4 is 27.1 Å². The molecule has 2 amide bonds. The number of carbonyl (C=O) groups excluding carboxylic acids is 1. The lowest BCUT2D eigenvalue weighted by Crippen LogP contribution is -2.53. The number of para-hydroxylation sites is 2. The number of rotatable bonds is 5. The Morgan fingerprint density at radius 2 is 1.67 bits per heavy atom. The minimum Gasteiger partial charge on any atom is -0.336 e. The minimum absolute atomic E-state index is 0.172. The van der Waals surface area contributed by atoms with E-state index in [9.17, 15) is 13.2 Å². The molecule has 1 aliphatic heterocycles. The van der Waals surface area contributed by atoms with Gasteiger partial charge >= 0.3 is 6.03 Å². The van der Waals surface area contributed by atoms with E-state index in [1.54, 1.807) is 35.2 Å². The van der Waals surface area contributed by atoms with Crippen LogP contribution in [-0.4, -0.2) is 65.9 Å². The van der Waals surface area contributed by atoms with E-state index in [0.29, 0.717) is 26.2 Å². The molecule has 9 heteroatoms. The van der Waals surface area contributed by atoms with Gasteiger partial charge in [0.1, 0.15) is 5.82 Å². The predicted molar refractivity (Wildman–Crippen MR) is 115 cm³/mol. The van der Waals surface area contributed by atoms with Crippen molar-refractivity contribution in [2.24, 2.45) is 0 Å². The standard InChI is InChI=1S/C21H25N5O3S/c1-17-23-19-9-5-6-10-20(19)26(17)12-11-22-21(27)24-13-15-25(16-14-24)30(28,29)18-7-3-2-4-8-18/h2-10H,11-16H2,1H3,(H,22,27). The molecule has 0 aliphatic carbocycles. The molecule has 1 saturated heterocycles. The highest BCUT2D eigenvalue weighted by molar-refractivity contribution is 7.89. The Morgan fingerprint density at radius 1 is 1.00 bits per heavy atom. The first-order valence-electron chi connectivity index (χ1n) is 9.96. The molecule has 0 saturated carbocycles. The second-order valence-electron chi connectivity index (χ2n) is 7.24. The fourth-order valence-electron chi connectivity index (χ4n) is 3.74. The summed E-state index contributed by atoms with van der Waals surface area (Å²) < 4.78 is 28.9. The molecule has 4 rings (SSSR count). The highest BCUT2D eigenvalue weighted by Gasteiger charge is 2.29. The first-order chi connectivity index (χ1) is 14.5. The van der Waals surface area contributed by atoms with Gasteiger partial charge in [-0.05, 0) is 31.2 Å². The number of carbonyl (C=O) groups is 1. The van der Waals surface area contributed by atoms with Crippen molar-refractivity contribution < 1.29 is 13.2 Å². The van der Waals surface area contributed by atoms with Gasteiger partial charge in [-0.25, -0.2) is 18.2 Å². The molecule has 1 aliphatic rings. The molecule has 1 aromatic heterocycles. The number of nitrogens with one attached hydrogen (secondary N) is 1. The van der Waals surface area contributed by atoms with Crippen LogP contribution in [0.1, 0.15) is 5.82 Å². The summed E-state index contributed by atoms with van der Waals surface area (Å²) in [7, 11) is -3.52. The Morgan fingerprint density at radius 3 is 2.40 bits per heavy atom. The van der Waals surface area contributed by atoms with Crippen LogP contribution in [0.3, 0.4) is 0 Å². The molecular weight excluding hydrogens is 402 g/mol. The molecule has 0 atom stereocenters. The van der Waals surface area contributed by atoms with Crippen LogP contribution >= 0.6 is 0 Å². The summed E-state index contributed by atoms with van der Waals surface area (Å²) in [6, 6.07) is 16.1. The van der Waals surface area contributed by atoms with Crippen molar-refractivity contribution in [2.75, 3.05) is 32.7 Å². The number of aryl methyl sites for hydroxylation is 1. The van der Waals surface area contributed by atoms with Crippen LogP contribution in [0.5, 0.6) is 0 Å². The number of nitrogens with zero attached hydrogens (tertiary/aromatic N) is 4. The fourth-order valence-corrected chi connectivity index (χ4v) is 5.18. The second kappa shape index (κ2) is 8.45. The molecule has 1 fully saturated rings. The monoisotopic (exact) mass is 427 g/mol. The molecule has 0 unspecified atom stereocenters. The summed E-state index contributed by atoms with van der Waals surface area (Å²) in [4.78, 5) is 19.0. The summed E-state index contributed by atoms with van der Waals surface area (Å²) in [6.07, 6.45) is 0. The second-order valence-corrected chi connectivity index (χ2v) is 9.17. The third kappa shape index (κ3) is 4.03. The molecule has 1 N–H and O–H groups in total. The number of urea groups is 1. The van der Waals surface area contributed by atoms with E-state index in [-0.39, 0.29) is 24.0 Å². The van der Waals surface area contributed by atoms with E-state index < -0.39 is 10.0 Å². The van der Waals surface area contributed by atoms with Crippen LogP contribution in [0, 0.1) is 6.92 Å². The van der Waals surface area contributed by atoms with Gasteiger partial charge in [0.25, 0.3) is 0 Å². The molecular formula is C21H25N5O3S. The van der Waals surface area contributed by atoms with E-state index in [1.807, 2.05) is 31.2 Å². The highest BCUT2D eigenvalue weighted by atomic mass is 32.2.